The molecule has 1 heterocycles. The Morgan fingerprint density at radius 2 is 2.05 bits per heavy atom. The number of nitrogen functional groups attached to an aromatic ring is 1. The SMILES string of the molecule is CCc1ccc(N)cc1S(=O)(=O)Nc1ccc(Br)nc1. The molecule has 5 nitrogen and oxygen atoms in total. The van der Waals surface area contributed by atoms with Crippen molar-refractivity contribution in [3.05, 3.63) is 46.7 Å². The Labute approximate surface area is 126 Å². The topological polar surface area (TPSA) is 85.1 Å². The van der Waals surface area contributed by atoms with E-state index < -0.39 is 10.0 Å². The smallest absolute Gasteiger partial charge is 0.262 e. The quantitative estimate of drug-likeness (QED) is 0.652. The van der Waals surface area contributed by atoms with Crippen molar-refractivity contribution in [2.24, 2.45) is 0 Å². The van der Waals surface area contributed by atoms with E-state index in [4.69, 9.17) is 5.73 Å². The Bertz CT molecular complexity index is 715. The fourth-order valence-corrected chi connectivity index (χ4v) is 3.38. The van der Waals surface area contributed by atoms with Crippen molar-refractivity contribution in [2.75, 3.05) is 10.5 Å². The Hall–Kier alpha value is -1.60. The molecule has 0 unspecified atom stereocenters. The number of benzene rings is 1. The zero-order chi connectivity index (χ0) is 14.8. The minimum Gasteiger partial charge on any atom is -0.399 e. The van der Waals surface area contributed by atoms with E-state index >= 15 is 0 Å². The third kappa shape index (κ3) is 3.29. The first-order valence-corrected chi connectivity index (χ1v) is 8.23. The number of hydrogen-bond donors (Lipinski definition) is 2. The zero-order valence-electron chi connectivity index (χ0n) is 10.8. The van der Waals surface area contributed by atoms with Gasteiger partial charge in [0.15, 0.2) is 0 Å². The molecule has 2 aromatic rings. The van der Waals surface area contributed by atoms with Crippen LogP contribution >= 0.6 is 15.9 Å². The summed E-state index contributed by atoms with van der Waals surface area (Å²) in [5.74, 6) is 0. The van der Waals surface area contributed by atoms with Crippen LogP contribution in [0.1, 0.15) is 12.5 Å². The molecule has 0 aliphatic heterocycles. The van der Waals surface area contributed by atoms with Gasteiger partial charge >= 0.3 is 0 Å². The van der Waals surface area contributed by atoms with Gasteiger partial charge in [-0.15, -0.1) is 0 Å². The molecule has 2 rings (SSSR count). The van der Waals surface area contributed by atoms with Gasteiger partial charge in [-0.2, -0.15) is 0 Å². The van der Waals surface area contributed by atoms with Crippen molar-refractivity contribution >= 4 is 37.3 Å². The van der Waals surface area contributed by atoms with Crippen LogP contribution in [0.25, 0.3) is 0 Å². The molecule has 7 heteroatoms. The van der Waals surface area contributed by atoms with E-state index in [0.29, 0.717) is 22.4 Å². The molecule has 3 N–H and O–H groups in total. The molecule has 0 saturated heterocycles. The summed E-state index contributed by atoms with van der Waals surface area (Å²) in [6, 6.07) is 8.18. The van der Waals surface area contributed by atoms with E-state index in [1.165, 1.54) is 12.3 Å². The van der Waals surface area contributed by atoms with Crippen molar-refractivity contribution in [1.29, 1.82) is 0 Å². The van der Waals surface area contributed by atoms with Gasteiger partial charge in [-0.05, 0) is 52.2 Å². The second-order valence-electron chi connectivity index (χ2n) is 4.20. The molecule has 0 amide bonds. The number of hydrogen-bond acceptors (Lipinski definition) is 4. The third-order valence-corrected chi connectivity index (χ3v) is 4.67. The van der Waals surface area contributed by atoms with E-state index in [2.05, 4.69) is 25.6 Å². The molecule has 0 atom stereocenters. The highest BCUT2D eigenvalue weighted by Gasteiger charge is 2.18. The maximum Gasteiger partial charge on any atom is 0.262 e. The number of nitrogens with zero attached hydrogens (tertiary/aromatic N) is 1. The van der Waals surface area contributed by atoms with Gasteiger partial charge in [-0.3, -0.25) is 4.72 Å². The van der Waals surface area contributed by atoms with Crippen LogP contribution in [0.4, 0.5) is 11.4 Å². The lowest BCUT2D eigenvalue weighted by molar-refractivity contribution is 0.600. The second kappa shape index (κ2) is 5.80. The Kier molecular flexibility index (Phi) is 4.29. The Balaban J connectivity index is 2.40. The third-order valence-electron chi connectivity index (χ3n) is 2.74. The van der Waals surface area contributed by atoms with E-state index in [1.54, 1.807) is 24.3 Å². The highest BCUT2D eigenvalue weighted by atomic mass is 79.9. The van der Waals surface area contributed by atoms with Gasteiger partial charge in [-0.25, -0.2) is 13.4 Å². The van der Waals surface area contributed by atoms with Gasteiger partial charge < -0.3 is 5.73 Å². The number of aromatic nitrogens is 1. The van der Waals surface area contributed by atoms with Crippen LogP contribution in [0.3, 0.4) is 0 Å². The fourth-order valence-electron chi connectivity index (χ4n) is 1.76. The molecule has 0 spiro atoms. The summed E-state index contributed by atoms with van der Waals surface area (Å²) in [4.78, 5) is 4.18. The van der Waals surface area contributed by atoms with Crippen LogP contribution in [-0.2, 0) is 16.4 Å². The monoisotopic (exact) mass is 355 g/mol. The second-order valence-corrected chi connectivity index (χ2v) is 6.66. The van der Waals surface area contributed by atoms with Crippen LogP contribution in [-0.4, -0.2) is 13.4 Å². The van der Waals surface area contributed by atoms with Crippen LogP contribution < -0.4 is 10.5 Å². The van der Waals surface area contributed by atoms with E-state index in [0.717, 1.165) is 5.56 Å². The molecule has 0 aliphatic rings. The van der Waals surface area contributed by atoms with Crippen LogP contribution in [0, 0.1) is 0 Å². The zero-order valence-corrected chi connectivity index (χ0v) is 13.2. The molecule has 0 bridgehead atoms. The Morgan fingerprint density at radius 3 is 2.65 bits per heavy atom. The minimum absolute atomic E-state index is 0.197. The highest BCUT2D eigenvalue weighted by Crippen LogP contribution is 2.22. The van der Waals surface area contributed by atoms with Gasteiger partial charge in [0.05, 0.1) is 16.8 Å². The highest BCUT2D eigenvalue weighted by molar-refractivity contribution is 9.10. The number of nitrogens with one attached hydrogen (secondary N) is 1. The molecule has 0 radical (unpaired) electrons. The van der Waals surface area contributed by atoms with E-state index in [-0.39, 0.29) is 4.90 Å². The van der Waals surface area contributed by atoms with Crippen LogP contribution in [0.5, 0.6) is 0 Å². The molecule has 0 saturated carbocycles. The van der Waals surface area contributed by atoms with E-state index in [1.807, 2.05) is 6.92 Å². The summed E-state index contributed by atoms with van der Waals surface area (Å²) in [6.45, 7) is 1.89. The van der Waals surface area contributed by atoms with Crippen molar-refractivity contribution < 1.29 is 8.42 Å². The first kappa shape index (κ1) is 14.8. The predicted octanol–water partition coefficient (Wildman–Crippen LogP) is 2.79. The lowest BCUT2D eigenvalue weighted by Crippen LogP contribution is -2.15. The lowest BCUT2D eigenvalue weighted by Gasteiger charge is -2.12. The standard InChI is InChI=1S/C13H14BrN3O2S/c1-2-9-3-4-10(15)7-12(9)20(18,19)17-11-5-6-13(14)16-8-11/h3-8,17H,2,15H2,1H3. The largest absolute Gasteiger partial charge is 0.399 e. The number of halogens is 1. The van der Waals surface area contributed by atoms with E-state index in [9.17, 15) is 8.42 Å². The average molecular weight is 356 g/mol. The summed E-state index contributed by atoms with van der Waals surface area (Å²) >= 11 is 3.20. The number of anilines is 2. The van der Waals surface area contributed by atoms with Crippen molar-refractivity contribution in [3.63, 3.8) is 0 Å². The molecule has 106 valence electrons. The number of sulfonamides is 1. The summed E-state index contributed by atoms with van der Waals surface area (Å²) in [5.41, 5.74) is 7.21. The number of nitrogens with two attached hydrogens (primary N) is 1. The first-order valence-electron chi connectivity index (χ1n) is 5.95. The molecule has 20 heavy (non-hydrogen) atoms. The molecule has 1 aromatic heterocycles. The molecule has 0 fully saturated rings. The van der Waals surface area contributed by atoms with Gasteiger partial charge in [0, 0.05) is 5.69 Å². The van der Waals surface area contributed by atoms with Crippen molar-refractivity contribution in [2.45, 2.75) is 18.2 Å². The maximum absolute atomic E-state index is 12.4. The average Bonchev–Trinajstić information content (AvgIpc) is 2.41. The summed E-state index contributed by atoms with van der Waals surface area (Å²) in [7, 11) is -3.68. The first-order chi connectivity index (χ1) is 9.42. The normalized spacial score (nSPS) is 11.3. The van der Waals surface area contributed by atoms with Crippen LogP contribution in [0.15, 0.2) is 46.0 Å². The lowest BCUT2D eigenvalue weighted by atomic mass is 10.1. The van der Waals surface area contributed by atoms with Gasteiger partial charge in [0.2, 0.25) is 0 Å². The number of aryl methyl sites for hydroxylation is 1. The maximum atomic E-state index is 12.4. The minimum atomic E-state index is -3.68. The number of pyridine rings is 1. The van der Waals surface area contributed by atoms with Gasteiger partial charge in [-0.1, -0.05) is 13.0 Å². The number of rotatable bonds is 4. The van der Waals surface area contributed by atoms with Gasteiger partial charge in [0.1, 0.15) is 4.60 Å². The van der Waals surface area contributed by atoms with Crippen LogP contribution in [0.2, 0.25) is 0 Å². The molecular formula is C13H14BrN3O2S. The van der Waals surface area contributed by atoms with Crippen molar-refractivity contribution in [3.8, 4) is 0 Å². The summed E-state index contributed by atoms with van der Waals surface area (Å²) < 4.78 is 28.0. The summed E-state index contributed by atoms with van der Waals surface area (Å²) in [6.07, 6.45) is 2.05. The molecular weight excluding hydrogens is 342 g/mol. The van der Waals surface area contributed by atoms with Crippen molar-refractivity contribution in [1.82, 2.24) is 4.98 Å². The predicted molar refractivity (Wildman–Crippen MR) is 83.0 cm³/mol. The Morgan fingerprint density at radius 1 is 1.30 bits per heavy atom. The fraction of sp³-hybridized carbons (Fsp3) is 0.154. The summed E-state index contributed by atoms with van der Waals surface area (Å²) in [5, 5.41) is 0. The molecule has 1 aromatic carbocycles. The van der Waals surface area contributed by atoms with Gasteiger partial charge in [0.25, 0.3) is 10.0 Å². The molecule has 0 aliphatic carbocycles.